The van der Waals surface area contributed by atoms with Crippen molar-refractivity contribution in [3.05, 3.63) is 66.4 Å². The van der Waals surface area contributed by atoms with Crippen LogP contribution in [0.15, 0.2) is 65.7 Å². The van der Waals surface area contributed by atoms with E-state index in [2.05, 4.69) is 15.6 Å². The number of nitrogens with zero attached hydrogens (tertiary/aromatic N) is 3. The third kappa shape index (κ3) is 6.00. The van der Waals surface area contributed by atoms with Crippen LogP contribution in [0.3, 0.4) is 0 Å². The fraction of sp³-hybridized carbons (Fsp3) is 0.318. The second-order valence-electron chi connectivity index (χ2n) is 7.96. The van der Waals surface area contributed by atoms with Crippen LogP contribution in [-0.2, 0) is 21.2 Å². The van der Waals surface area contributed by atoms with E-state index in [0.717, 1.165) is 5.56 Å². The Morgan fingerprint density at radius 1 is 1.12 bits per heavy atom. The molecule has 10 heteroatoms. The number of aliphatic carboxylic acids is 1. The van der Waals surface area contributed by atoms with Crippen molar-refractivity contribution >= 4 is 16.0 Å². The van der Waals surface area contributed by atoms with E-state index < -0.39 is 22.0 Å². The van der Waals surface area contributed by atoms with E-state index in [-0.39, 0.29) is 16.9 Å². The molecule has 9 nitrogen and oxygen atoms in total. The van der Waals surface area contributed by atoms with Crippen LogP contribution in [0.25, 0.3) is 11.3 Å². The van der Waals surface area contributed by atoms with E-state index in [0.29, 0.717) is 24.2 Å². The molecule has 2 aromatic carbocycles. The summed E-state index contributed by atoms with van der Waals surface area (Å²) >= 11 is 0. The Bertz CT molecular complexity index is 1140. The van der Waals surface area contributed by atoms with Gasteiger partial charge in [-0.05, 0) is 30.0 Å². The lowest BCUT2D eigenvalue weighted by Gasteiger charge is -2.23. The molecule has 0 aliphatic carbocycles. The number of primary sulfonamides is 1. The number of hydrogen-bond donors (Lipinski definition) is 3. The number of sulfonamides is 1. The summed E-state index contributed by atoms with van der Waals surface area (Å²) in [5, 5.41) is 26.3. The lowest BCUT2D eigenvalue weighted by Crippen LogP contribution is -2.43. The monoisotopic (exact) mass is 457 g/mol. The molecule has 170 valence electrons. The normalized spacial score (nSPS) is 13.8. The summed E-state index contributed by atoms with van der Waals surface area (Å²) < 4.78 is 24.6. The van der Waals surface area contributed by atoms with Crippen molar-refractivity contribution in [3.63, 3.8) is 0 Å². The summed E-state index contributed by atoms with van der Waals surface area (Å²) in [6, 6.07) is 15.1. The maximum atomic E-state index is 11.6. The van der Waals surface area contributed by atoms with Gasteiger partial charge in [0.25, 0.3) is 0 Å². The molecule has 0 spiro atoms. The van der Waals surface area contributed by atoms with Crippen molar-refractivity contribution in [2.75, 3.05) is 6.54 Å². The molecule has 1 aromatic heterocycles. The van der Waals surface area contributed by atoms with Gasteiger partial charge in [-0.3, -0.25) is 4.79 Å². The Balaban J connectivity index is 1.84. The summed E-state index contributed by atoms with van der Waals surface area (Å²) in [7, 11) is -3.77. The second-order valence-corrected chi connectivity index (χ2v) is 9.53. The summed E-state index contributed by atoms with van der Waals surface area (Å²) in [6.45, 7) is 4.10. The highest BCUT2D eigenvalue weighted by Crippen LogP contribution is 2.21. The molecule has 0 aliphatic rings. The van der Waals surface area contributed by atoms with Crippen molar-refractivity contribution < 1.29 is 18.3 Å². The second kappa shape index (κ2) is 10.0. The van der Waals surface area contributed by atoms with Crippen LogP contribution in [0.4, 0.5) is 0 Å². The predicted molar refractivity (Wildman–Crippen MR) is 120 cm³/mol. The summed E-state index contributed by atoms with van der Waals surface area (Å²) in [6.07, 6.45) is 2.40. The number of nitrogens with two attached hydrogens (primary N) is 1. The van der Waals surface area contributed by atoms with Crippen LogP contribution in [0.1, 0.15) is 25.5 Å². The van der Waals surface area contributed by atoms with Crippen LogP contribution in [-0.4, -0.2) is 47.1 Å². The first kappa shape index (κ1) is 23.6. The molecular weight excluding hydrogens is 430 g/mol. The van der Waals surface area contributed by atoms with Crippen LogP contribution in [0.5, 0.6) is 0 Å². The first-order valence-electron chi connectivity index (χ1n) is 10.2. The number of rotatable bonds is 10. The topological polar surface area (TPSA) is 140 Å². The van der Waals surface area contributed by atoms with Crippen molar-refractivity contribution in [2.24, 2.45) is 11.1 Å². The largest absolute Gasteiger partial charge is 0.480 e. The predicted octanol–water partition coefficient (Wildman–Crippen LogP) is 2.08. The van der Waals surface area contributed by atoms with E-state index in [1.54, 1.807) is 23.0 Å². The van der Waals surface area contributed by atoms with Crippen molar-refractivity contribution in [1.29, 1.82) is 0 Å². The van der Waals surface area contributed by atoms with Gasteiger partial charge in [-0.25, -0.2) is 18.2 Å². The Morgan fingerprint density at radius 3 is 2.34 bits per heavy atom. The minimum atomic E-state index is -3.77. The molecule has 0 aliphatic heterocycles. The molecule has 3 aromatic rings. The lowest BCUT2D eigenvalue weighted by molar-refractivity contribution is -0.140. The molecule has 0 bridgehead atoms. The van der Waals surface area contributed by atoms with Crippen LogP contribution in [0.2, 0.25) is 0 Å². The van der Waals surface area contributed by atoms with Gasteiger partial charge in [0.15, 0.2) is 0 Å². The van der Waals surface area contributed by atoms with Crippen LogP contribution < -0.4 is 10.5 Å². The van der Waals surface area contributed by atoms with E-state index in [9.17, 15) is 18.3 Å². The molecular formula is C22H27N5O4S. The minimum Gasteiger partial charge on any atom is -0.480 e. The van der Waals surface area contributed by atoms with E-state index >= 15 is 0 Å². The fourth-order valence-corrected chi connectivity index (χ4v) is 3.93. The van der Waals surface area contributed by atoms with Crippen molar-refractivity contribution in [3.8, 4) is 11.3 Å². The van der Waals surface area contributed by atoms with Gasteiger partial charge in [-0.2, -0.15) is 0 Å². The average molecular weight is 458 g/mol. The van der Waals surface area contributed by atoms with Crippen molar-refractivity contribution in [1.82, 2.24) is 20.3 Å². The van der Waals surface area contributed by atoms with Crippen LogP contribution in [0, 0.1) is 5.92 Å². The van der Waals surface area contributed by atoms with Gasteiger partial charge in [0.1, 0.15) is 11.7 Å². The number of carboxylic acid groups (broad SMARTS) is 1. The zero-order valence-corrected chi connectivity index (χ0v) is 18.7. The quantitative estimate of drug-likeness (QED) is 0.423. The fourth-order valence-electron chi connectivity index (χ4n) is 3.42. The van der Waals surface area contributed by atoms with Gasteiger partial charge in [-0.15, -0.1) is 5.10 Å². The zero-order chi connectivity index (χ0) is 23.3. The van der Waals surface area contributed by atoms with Gasteiger partial charge >= 0.3 is 5.97 Å². The minimum absolute atomic E-state index is 0.0215. The maximum Gasteiger partial charge on any atom is 0.320 e. The molecule has 0 radical (unpaired) electrons. The first-order valence-corrected chi connectivity index (χ1v) is 11.7. The summed E-state index contributed by atoms with van der Waals surface area (Å²) in [5.74, 6) is -0.971. The highest BCUT2D eigenvalue weighted by molar-refractivity contribution is 7.89. The molecule has 3 rings (SSSR count). The van der Waals surface area contributed by atoms with Gasteiger partial charge in [0, 0.05) is 12.1 Å². The highest BCUT2D eigenvalue weighted by Gasteiger charge is 2.23. The van der Waals surface area contributed by atoms with Gasteiger partial charge in [0.05, 0.1) is 17.1 Å². The molecule has 1 unspecified atom stereocenters. The Labute approximate surface area is 187 Å². The van der Waals surface area contributed by atoms with E-state index in [1.807, 2.05) is 44.2 Å². The Hall–Kier alpha value is -3.08. The molecule has 0 saturated carbocycles. The zero-order valence-electron chi connectivity index (χ0n) is 17.9. The molecule has 4 N–H and O–H groups in total. The van der Waals surface area contributed by atoms with Crippen molar-refractivity contribution in [2.45, 2.75) is 37.2 Å². The molecule has 0 saturated heterocycles. The third-order valence-corrected chi connectivity index (χ3v) is 6.11. The summed E-state index contributed by atoms with van der Waals surface area (Å²) in [5.41, 5.74) is 2.36. The van der Waals surface area contributed by atoms with E-state index in [4.69, 9.17) is 5.14 Å². The highest BCUT2D eigenvalue weighted by atomic mass is 32.2. The van der Waals surface area contributed by atoms with Gasteiger partial charge < -0.3 is 10.4 Å². The molecule has 32 heavy (non-hydrogen) atoms. The number of benzene rings is 2. The lowest BCUT2D eigenvalue weighted by atomic mass is 10.0. The third-order valence-electron chi connectivity index (χ3n) is 5.18. The van der Waals surface area contributed by atoms with E-state index in [1.165, 1.54) is 12.1 Å². The molecule has 2 atom stereocenters. The molecule has 0 fully saturated rings. The molecule has 0 amide bonds. The van der Waals surface area contributed by atoms with Crippen LogP contribution >= 0.6 is 0 Å². The Kier molecular flexibility index (Phi) is 7.39. The SMILES string of the molecule is CC(C)C(NC[C@H](Cc1ccccc1)n1cc(-c2ccc(S(N)(=O)=O)cc2)nn1)C(=O)O. The smallest absolute Gasteiger partial charge is 0.320 e. The summed E-state index contributed by atoms with van der Waals surface area (Å²) in [4.78, 5) is 11.6. The number of carbonyl (C=O) groups is 1. The Morgan fingerprint density at radius 2 is 1.78 bits per heavy atom. The maximum absolute atomic E-state index is 11.6. The molecule has 1 heterocycles. The number of nitrogens with one attached hydrogen (secondary N) is 1. The van der Waals surface area contributed by atoms with Gasteiger partial charge in [0.2, 0.25) is 10.0 Å². The number of carboxylic acids is 1. The number of aromatic nitrogens is 3. The van der Waals surface area contributed by atoms with Gasteiger partial charge in [-0.1, -0.05) is 61.5 Å². The number of hydrogen-bond acceptors (Lipinski definition) is 6. The average Bonchev–Trinajstić information content (AvgIpc) is 3.23. The first-order chi connectivity index (χ1) is 15.1. The standard InChI is InChI=1S/C22H27N5O4S/c1-15(2)21(22(28)29)24-13-18(12-16-6-4-3-5-7-16)27-14-20(25-26-27)17-8-10-19(11-9-17)32(23,30)31/h3-11,14-15,18,21,24H,12-13H2,1-2H3,(H,28,29)(H2,23,30,31)/t18-,21?/m0/s1.